The Morgan fingerprint density at radius 2 is 1.84 bits per heavy atom. The van der Waals surface area contributed by atoms with Crippen molar-refractivity contribution in [3.8, 4) is 28.4 Å². The fraction of sp³-hybridized carbons (Fsp3) is 0.240. The van der Waals surface area contributed by atoms with Crippen LogP contribution >= 0.6 is 0 Å². The molecular formula is C25H26O6. The van der Waals surface area contributed by atoms with Gasteiger partial charge in [-0.05, 0) is 50.5 Å². The quantitative estimate of drug-likeness (QED) is 0.433. The lowest BCUT2D eigenvalue weighted by atomic mass is 9.97. The van der Waals surface area contributed by atoms with Crippen LogP contribution in [0.5, 0.6) is 17.2 Å². The molecule has 2 aromatic carbocycles. The Kier molecular flexibility index (Phi) is 6.22. The Bertz CT molecular complexity index is 1250. The van der Waals surface area contributed by atoms with E-state index >= 15 is 0 Å². The number of benzene rings is 2. The smallest absolute Gasteiger partial charge is 0.204 e. The van der Waals surface area contributed by atoms with E-state index < -0.39 is 17.3 Å². The molecule has 0 spiro atoms. The van der Waals surface area contributed by atoms with E-state index in [1.165, 1.54) is 18.4 Å². The molecule has 31 heavy (non-hydrogen) atoms. The SMILES string of the molecule is C=C(C)C(O)Cc1c(O)cc2occ(-c3ccc(O)c(CC=C(C)C)c3)c(=O)c2c1O. The molecular weight excluding hydrogens is 396 g/mol. The summed E-state index contributed by atoms with van der Waals surface area (Å²) in [4.78, 5) is 13.2. The third-order valence-electron chi connectivity index (χ3n) is 5.21. The molecule has 0 saturated carbocycles. The van der Waals surface area contributed by atoms with E-state index in [0.29, 0.717) is 23.1 Å². The molecule has 0 amide bonds. The Balaban J connectivity index is 2.17. The van der Waals surface area contributed by atoms with Gasteiger partial charge in [0.15, 0.2) is 0 Å². The largest absolute Gasteiger partial charge is 0.508 e. The van der Waals surface area contributed by atoms with Crippen LogP contribution in [0.4, 0.5) is 0 Å². The summed E-state index contributed by atoms with van der Waals surface area (Å²) in [6.45, 7) is 9.21. The van der Waals surface area contributed by atoms with Gasteiger partial charge in [-0.2, -0.15) is 0 Å². The summed E-state index contributed by atoms with van der Waals surface area (Å²) >= 11 is 0. The maximum atomic E-state index is 13.2. The molecule has 6 nitrogen and oxygen atoms in total. The topological polar surface area (TPSA) is 111 Å². The number of aromatic hydroxyl groups is 3. The molecule has 1 atom stereocenters. The fourth-order valence-electron chi connectivity index (χ4n) is 3.29. The second kappa shape index (κ2) is 8.70. The third-order valence-corrected chi connectivity index (χ3v) is 5.21. The highest BCUT2D eigenvalue weighted by atomic mass is 16.3. The van der Waals surface area contributed by atoms with Crippen molar-refractivity contribution in [1.82, 2.24) is 0 Å². The van der Waals surface area contributed by atoms with Crippen LogP contribution < -0.4 is 5.43 Å². The Hall–Kier alpha value is -3.51. The summed E-state index contributed by atoms with van der Waals surface area (Å²) in [7, 11) is 0. The maximum absolute atomic E-state index is 13.2. The van der Waals surface area contributed by atoms with Crippen molar-refractivity contribution in [2.45, 2.75) is 39.7 Å². The number of allylic oxidation sites excluding steroid dienone is 2. The van der Waals surface area contributed by atoms with E-state index in [9.17, 15) is 25.2 Å². The van der Waals surface area contributed by atoms with Gasteiger partial charge in [0, 0.05) is 18.1 Å². The zero-order valence-corrected chi connectivity index (χ0v) is 17.8. The van der Waals surface area contributed by atoms with E-state index in [-0.39, 0.29) is 40.0 Å². The van der Waals surface area contributed by atoms with Gasteiger partial charge in [0.2, 0.25) is 5.43 Å². The molecule has 4 N–H and O–H groups in total. The number of hydrogen-bond acceptors (Lipinski definition) is 6. The fourth-order valence-corrected chi connectivity index (χ4v) is 3.29. The van der Waals surface area contributed by atoms with E-state index in [1.54, 1.807) is 19.1 Å². The molecule has 1 heterocycles. The number of aliphatic hydroxyl groups is 1. The normalized spacial score (nSPS) is 12.0. The van der Waals surface area contributed by atoms with Gasteiger partial charge in [0.05, 0.1) is 11.7 Å². The summed E-state index contributed by atoms with van der Waals surface area (Å²) in [5, 5.41) is 41.2. The average molecular weight is 422 g/mol. The zero-order valence-electron chi connectivity index (χ0n) is 17.8. The first-order valence-electron chi connectivity index (χ1n) is 9.88. The average Bonchev–Trinajstić information content (AvgIpc) is 2.70. The number of phenols is 3. The standard InChI is InChI=1S/C25H26O6/c1-13(2)5-6-16-9-15(7-8-19(16)26)18-12-31-22-11-21(28)17(10-20(27)14(3)4)24(29)23(22)25(18)30/h5,7-9,11-12,20,26-29H,3,6,10H2,1-2,4H3. The molecule has 0 radical (unpaired) electrons. The summed E-state index contributed by atoms with van der Waals surface area (Å²) < 4.78 is 5.54. The molecule has 162 valence electrons. The Morgan fingerprint density at radius 1 is 1.13 bits per heavy atom. The second-order valence-corrected chi connectivity index (χ2v) is 7.97. The van der Waals surface area contributed by atoms with Crippen molar-refractivity contribution >= 4 is 11.0 Å². The molecule has 0 fully saturated rings. The van der Waals surface area contributed by atoms with Crippen molar-refractivity contribution in [2.24, 2.45) is 0 Å². The third kappa shape index (κ3) is 4.49. The van der Waals surface area contributed by atoms with Crippen LogP contribution in [-0.4, -0.2) is 26.5 Å². The first-order chi connectivity index (χ1) is 14.6. The number of fused-ring (bicyclic) bond motifs is 1. The van der Waals surface area contributed by atoms with Crippen LogP contribution in [0.15, 0.2) is 63.5 Å². The van der Waals surface area contributed by atoms with Gasteiger partial charge < -0.3 is 24.8 Å². The lowest BCUT2D eigenvalue weighted by Crippen LogP contribution is -2.12. The molecule has 0 bridgehead atoms. The van der Waals surface area contributed by atoms with Gasteiger partial charge in [-0.15, -0.1) is 0 Å². The highest BCUT2D eigenvalue weighted by molar-refractivity contribution is 5.89. The molecule has 3 aromatic rings. The van der Waals surface area contributed by atoms with Crippen molar-refractivity contribution in [2.75, 3.05) is 0 Å². The maximum Gasteiger partial charge on any atom is 0.204 e. The second-order valence-electron chi connectivity index (χ2n) is 7.97. The molecule has 1 aromatic heterocycles. The lowest BCUT2D eigenvalue weighted by molar-refractivity contribution is 0.209. The number of hydrogen-bond donors (Lipinski definition) is 4. The number of phenolic OH excluding ortho intramolecular Hbond substituents is 3. The minimum atomic E-state index is -0.987. The van der Waals surface area contributed by atoms with Crippen LogP contribution in [0.3, 0.4) is 0 Å². The first-order valence-corrected chi connectivity index (χ1v) is 9.88. The number of rotatable bonds is 6. The monoisotopic (exact) mass is 422 g/mol. The lowest BCUT2D eigenvalue weighted by Gasteiger charge is -2.14. The van der Waals surface area contributed by atoms with Gasteiger partial charge >= 0.3 is 0 Å². The highest BCUT2D eigenvalue weighted by Gasteiger charge is 2.21. The summed E-state index contributed by atoms with van der Waals surface area (Å²) in [5.41, 5.74) is 2.54. The molecule has 1 unspecified atom stereocenters. The molecule has 0 saturated heterocycles. The van der Waals surface area contributed by atoms with Gasteiger partial charge in [0.25, 0.3) is 0 Å². The first kappa shape index (κ1) is 22.2. The van der Waals surface area contributed by atoms with Crippen LogP contribution in [0.1, 0.15) is 31.9 Å². The van der Waals surface area contributed by atoms with Crippen molar-refractivity contribution in [1.29, 1.82) is 0 Å². The van der Waals surface area contributed by atoms with E-state index in [1.807, 2.05) is 19.9 Å². The van der Waals surface area contributed by atoms with Crippen molar-refractivity contribution in [3.05, 3.63) is 75.7 Å². The summed E-state index contributed by atoms with van der Waals surface area (Å²) in [5.74, 6) is -0.598. The van der Waals surface area contributed by atoms with Crippen LogP contribution in [-0.2, 0) is 12.8 Å². The van der Waals surface area contributed by atoms with Gasteiger partial charge in [0.1, 0.15) is 34.5 Å². The van der Waals surface area contributed by atoms with Crippen LogP contribution in [0, 0.1) is 0 Å². The van der Waals surface area contributed by atoms with E-state index in [0.717, 1.165) is 5.57 Å². The van der Waals surface area contributed by atoms with Gasteiger partial charge in [-0.1, -0.05) is 29.9 Å². The molecule has 0 aliphatic heterocycles. The minimum absolute atomic E-state index is 0.0286. The summed E-state index contributed by atoms with van der Waals surface area (Å²) in [6, 6.07) is 6.06. The minimum Gasteiger partial charge on any atom is -0.508 e. The van der Waals surface area contributed by atoms with Gasteiger partial charge in [-0.25, -0.2) is 0 Å². The van der Waals surface area contributed by atoms with E-state index in [2.05, 4.69) is 6.58 Å². The Morgan fingerprint density at radius 3 is 2.48 bits per heavy atom. The van der Waals surface area contributed by atoms with Crippen molar-refractivity contribution < 1.29 is 24.8 Å². The molecule has 0 aliphatic carbocycles. The molecule has 0 aliphatic rings. The van der Waals surface area contributed by atoms with Crippen LogP contribution in [0.25, 0.3) is 22.1 Å². The summed E-state index contributed by atoms with van der Waals surface area (Å²) in [6.07, 6.45) is 2.65. The van der Waals surface area contributed by atoms with Crippen molar-refractivity contribution in [3.63, 3.8) is 0 Å². The number of aliphatic hydroxyl groups excluding tert-OH is 1. The van der Waals surface area contributed by atoms with Crippen LogP contribution in [0.2, 0.25) is 0 Å². The zero-order chi connectivity index (χ0) is 22.9. The van der Waals surface area contributed by atoms with E-state index in [4.69, 9.17) is 4.42 Å². The molecule has 3 rings (SSSR count). The molecule has 6 heteroatoms. The highest BCUT2D eigenvalue weighted by Crippen LogP contribution is 2.36. The van der Waals surface area contributed by atoms with Gasteiger partial charge in [-0.3, -0.25) is 4.79 Å². The predicted octanol–water partition coefficient (Wildman–Crippen LogP) is 4.57. The Labute approximate surface area is 180 Å². The predicted molar refractivity (Wildman–Crippen MR) is 121 cm³/mol.